The van der Waals surface area contributed by atoms with Gasteiger partial charge in [0.2, 0.25) is 5.91 Å². The van der Waals surface area contributed by atoms with E-state index >= 15 is 0 Å². The summed E-state index contributed by atoms with van der Waals surface area (Å²) in [4.78, 5) is 29.1. The van der Waals surface area contributed by atoms with Crippen molar-refractivity contribution >= 4 is 17.5 Å². The highest BCUT2D eigenvalue weighted by Crippen LogP contribution is 2.33. The van der Waals surface area contributed by atoms with Crippen LogP contribution in [0.1, 0.15) is 35.7 Å². The molecule has 2 aromatic rings. The number of rotatable bonds is 5. The topological polar surface area (TPSA) is 52.6 Å². The molecule has 2 amide bonds. The second kappa shape index (κ2) is 8.33. The summed E-state index contributed by atoms with van der Waals surface area (Å²) in [6.45, 7) is 4.53. The molecule has 5 nitrogen and oxygen atoms in total. The standard InChI is InChI=1S/C23H26FN3O2/c1-16(25-23(29)17-6-8-19(24)9-7-17)15-26-12-10-20(11-13-26)27-21-5-3-2-4-18(21)14-22(27)28/h2-9,16,20H,10-15H2,1H3,(H,25,29)/t16-/m0/s1. The number of hydrogen-bond acceptors (Lipinski definition) is 3. The van der Waals surface area contributed by atoms with Gasteiger partial charge in [0.15, 0.2) is 0 Å². The van der Waals surface area contributed by atoms with Crippen LogP contribution in [0.5, 0.6) is 0 Å². The Bertz CT molecular complexity index is 891. The van der Waals surface area contributed by atoms with Gasteiger partial charge < -0.3 is 15.1 Å². The van der Waals surface area contributed by atoms with E-state index in [9.17, 15) is 14.0 Å². The van der Waals surface area contributed by atoms with Gasteiger partial charge in [0, 0.05) is 43.0 Å². The summed E-state index contributed by atoms with van der Waals surface area (Å²) in [5.41, 5.74) is 2.65. The van der Waals surface area contributed by atoms with E-state index in [1.807, 2.05) is 36.1 Å². The maximum absolute atomic E-state index is 13.0. The van der Waals surface area contributed by atoms with Crippen LogP contribution in [0.2, 0.25) is 0 Å². The third-order valence-corrected chi connectivity index (χ3v) is 5.80. The average molecular weight is 395 g/mol. The fraction of sp³-hybridized carbons (Fsp3) is 0.391. The van der Waals surface area contributed by atoms with Gasteiger partial charge >= 0.3 is 0 Å². The summed E-state index contributed by atoms with van der Waals surface area (Å²) in [6.07, 6.45) is 2.36. The zero-order chi connectivity index (χ0) is 20.4. The van der Waals surface area contributed by atoms with Crippen LogP contribution < -0.4 is 10.2 Å². The van der Waals surface area contributed by atoms with Crippen LogP contribution in [0.25, 0.3) is 0 Å². The van der Waals surface area contributed by atoms with E-state index in [1.165, 1.54) is 24.3 Å². The fourth-order valence-corrected chi connectivity index (χ4v) is 4.38. The fourth-order valence-electron chi connectivity index (χ4n) is 4.38. The van der Waals surface area contributed by atoms with Crippen LogP contribution in [0.3, 0.4) is 0 Å². The predicted octanol–water partition coefficient (Wildman–Crippen LogP) is 3.00. The number of anilines is 1. The zero-order valence-corrected chi connectivity index (χ0v) is 16.6. The summed E-state index contributed by atoms with van der Waals surface area (Å²) in [5, 5.41) is 2.98. The van der Waals surface area contributed by atoms with Gasteiger partial charge in [0.05, 0.1) is 6.42 Å². The zero-order valence-electron chi connectivity index (χ0n) is 16.6. The van der Waals surface area contributed by atoms with Crippen molar-refractivity contribution in [3.8, 4) is 0 Å². The van der Waals surface area contributed by atoms with Gasteiger partial charge in [-0.2, -0.15) is 0 Å². The molecule has 0 saturated carbocycles. The highest BCUT2D eigenvalue weighted by Gasteiger charge is 2.34. The molecule has 152 valence electrons. The lowest BCUT2D eigenvalue weighted by Crippen LogP contribution is -2.49. The molecule has 1 fully saturated rings. The van der Waals surface area contributed by atoms with Crippen LogP contribution in [-0.2, 0) is 11.2 Å². The van der Waals surface area contributed by atoms with E-state index < -0.39 is 0 Å². The molecule has 0 aliphatic carbocycles. The molecule has 1 N–H and O–H groups in total. The molecule has 1 atom stereocenters. The van der Waals surface area contributed by atoms with Gasteiger partial charge in [-0.15, -0.1) is 0 Å². The van der Waals surface area contributed by atoms with Crippen LogP contribution in [-0.4, -0.2) is 48.4 Å². The van der Waals surface area contributed by atoms with Crippen molar-refractivity contribution in [2.75, 3.05) is 24.5 Å². The third-order valence-electron chi connectivity index (χ3n) is 5.80. The lowest BCUT2D eigenvalue weighted by molar-refractivity contribution is -0.118. The van der Waals surface area contributed by atoms with E-state index in [-0.39, 0.29) is 29.7 Å². The first-order valence-corrected chi connectivity index (χ1v) is 10.2. The molecule has 2 aliphatic rings. The van der Waals surface area contributed by atoms with Crippen LogP contribution in [0.15, 0.2) is 48.5 Å². The smallest absolute Gasteiger partial charge is 0.251 e. The number of benzene rings is 2. The molecule has 4 rings (SSSR count). The Kier molecular flexibility index (Phi) is 5.62. The number of nitrogens with one attached hydrogen (secondary N) is 1. The van der Waals surface area contributed by atoms with Crippen molar-refractivity contribution in [2.45, 2.75) is 38.3 Å². The third kappa shape index (κ3) is 4.32. The summed E-state index contributed by atoms with van der Waals surface area (Å²) in [7, 11) is 0. The van der Waals surface area contributed by atoms with Gasteiger partial charge in [0.1, 0.15) is 5.82 Å². The summed E-state index contributed by atoms with van der Waals surface area (Å²) in [6, 6.07) is 13.9. The van der Waals surface area contributed by atoms with Gasteiger partial charge in [-0.25, -0.2) is 4.39 Å². The van der Waals surface area contributed by atoms with Crippen molar-refractivity contribution in [1.29, 1.82) is 0 Å². The molecular weight excluding hydrogens is 369 g/mol. The second-order valence-electron chi connectivity index (χ2n) is 7.98. The number of nitrogens with zero attached hydrogens (tertiary/aromatic N) is 2. The largest absolute Gasteiger partial charge is 0.348 e. The lowest BCUT2D eigenvalue weighted by Gasteiger charge is -2.38. The summed E-state index contributed by atoms with van der Waals surface area (Å²) < 4.78 is 13.0. The van der Waals surface area contributed by atoms with E-state index in [2.05, 4.69) is 10.2 Å². The molecule has 0 bridgehead atoms. The van der Waals surface area contributed by atoms with Crippen LogP contribution in [0.4, 0.5) is 10.1 Å². The normalized spacial score (nSPS) is 18.6. The molecule has 2 aliphatic heterocycles. The molecule has 0 radical (unpaired) electrons. The van der Waals surface area contributed by atoms with Crippen molar-refractivity contribution in [3.63, 3.8) is 0 Å². The highest BCUT2D eigenvalue weighted by molar-refractivity contribution is 6.01. The molecule has 0 spiro atoms. The number of fused-ring (bicyclic) bond motifs is 1. The Labute approximate surface area is 170 Å². The average Bonchev–Trinajstić information content (AvgIpc) is 3.04. The number of likely N-dealkylation sites (tertiary alicyclic amines) is 1. The summed E-state index contributed by atoms with van der Waals surface area (Å²) >= 11 is 0. The molecule has 6 heteroatoms. The molecular formula is C23H26FN3O2. The number of para-hydroxylation sites is 1. The van der Waals surface area contributed by atoms with E-state index in [1.54, 1.807) is 0 Å². The first-order chi connectivity index (χ1) is 14.0. The van der Waals surface area contributed by atoms with E-state index in [0.29, 0.717) is 12.0 Å². The number of hydrogen-bond donors (Lipinski definition) is 1. The SMILES string of the molecule is C[C@@H](CN1CCC(N2C(=O)Cc3ccccc32)CC1)NC(=O)c1ccc(F)cc1. The van der Waals surface area contributed by atoms with Crippen molar-refractivity contribution in [1.82, 2.24) is 10.2 Å². The molecule has 2 aromatic carbocycles. The second-order valence-corrected chi connectivity index (χ2v) is 7.98. The lowest BCUT2D eigenvalue weighted by atomic mass is 10.0. The monoisotopic (exact) mass is 395 g/mol. The van der Waals surface area contributed by atoms with E-state index in [4.69, 9.17) is 0 Å². The number of piperidine rings is 1. The predicted molar refractivity (Wildman–Crippen MR) is 110 cm³/mol. The van der Waals surface area contributed by atoms with Gasteiger partial charge in [-0.3, -0.25) is 9.59 Å². The quantitative estimate of drug-likeness (QED) is 0.847. The molecule has 0 unspecified atom stereocenters. The van der Waals surface area contributed by atoms with Crippen molar-refractivity contribution in [3.05, 3.63) is 65.5 Å². The van der Waals surface area contributed by atoms with Crippen LogP contribution >= 0.6 is 0 Å². The molecule has 1 saturated heterocycles. The number of halogens is 1. The first-order valence-electron chi connectivity index (χ1n) is 10.2. The minimum absolute atomic E-state index is 0.0155. The Balaban J connectivity index is 1.28. The highest BCUT2D eigenvalue weighted by atomic mass is 19.1. The van der Waals surface area contributed by atoms with Gasteiger partial charge in [-0.05, 0) is 55.7 Å². The summed E-state index contributed by atoms with van der Waals surface area (Å²) in [5.74, 6) is -0.340. The first kappa shape index (κ1) is 19.6. The van der Waals surface area contributed by atoms with E-state index in [0.717, 1.165) is 43.7 Å². The molecule has 29 heavy (non-hydrogen) atoms. The molecule has 0 aromatic heterocycles. The number of carbonyl (C=O) groups is 2. The Hall–Kier alpha value is -2.73. The van der Waals surface area contributed by atoms with Gasteiger partial charge in [-0.1, -0.05) is 18.2 Å². The maximum atomic E-state index is 13.0. The van der Waals surface area contributed by atoms with Crippen molar-refractivity contribution in [2.24, 2.45) is 0 Å². The minimum Gasteiger partial charge on any atom is -0.348 e. The van der Waals surface area contributed by atoms with Crippen molar-refractivity contribution < 1.29 is 14.0 Å². The Morgan fingerprint density at radius 2 is 1.83 bits per heavy atom. The number of carbonyl (C=O) groups excluding carboxylic acids is 2. The van der Waals surface area contributed by atoms with Gasteiger partial charge in [0.25, 0.3) is 5.91 Å². The maximum Gasteiger partial charge on any atom is 0.251 e. The minimum atomic E-state index is -0.350. The Morgan fingerprint density at radius 3 is 2.55 bits per heavy atom. The number of amides is 2. The molecule has 2 heterocycles. The van der Waals surface area contributed by atoms with Crippen LogP contribution in [0, 0.1) is 5.82 Å². The Morgan fingerprint density at radius 1 is 1.14 bits per heavy atom.